The Balaban J connectivity index is 3.03. The predicted octanol–water partition coefficient (Wildman–Crippen LogP) is 2.79. The molecule has 1 rings (SSSR count). The fraction of sp³-hybridized carbons (Fsp3) is 0.222. The zero-order valence-corrected chi connectivity index (χ0v) is 7.31. The summed E-state index contributed by atoms with van der Waals surface area (Å²) >= 11 is 0. The quantitative estimate of drug-likeness (QED) is 0.716. The summed E-state index contributed by atoms with van der Waals surface area (Å²) in [4.78, 5) is 0. The molecule has 0 spiro atoms. The largest absolute Gasteiger partial charge is 0.573 e. The zero-order valence-electron chi connectivity index (χ0n) is 7.31. The molecule has 0 atom stereocenters. The molecule has 0 bridgehead atoms. The molecule has 15 heavy (non-hydrogen) atoms. The normalized spacial score (nSPS) is 10.9. The van der Waals surface area contributed by atoms with E-state index < -0.39 is 17.9 Å². The minimum atomic E-state index is -4.89. The first kappa shape index (κ1) is 11.3. The van der Waals surface area contributed by atoms with E-state index in [1.54, 1.807) is 6.07 Å². The molecule has 0 heterocycles. The third-order valence-electron chi connectivity index (χ3n) is 1.52. The Bertz CT molecular complexity index is 394. The second-order valence-corrected chi connectivity index (χ2v) is 2.63. The number of alkyl halides is 3. The number of benzene rings is 1. The van der Waals surface area contributed by atoms with E-state index in [4.69, 9.17) is 5.26 Å². The van der Waals surface area contributed by atoms with Crippen molar-refractivity contribution in [1.29, 1.82) is 5.26 Å². The summed E-state index contributed by atoms with van der Waals surface area (Å²) in [6.07, 6.45) is -5.16. The topological polar surface area (TPSA) is 33.0 Å². The molecule has 80 valence electrons. The van der Waals surface area contributed by atoms with Crippen molar-refractivity contribution < 1.29 is 22.3 Å². The van der Waals surface area contributed by atoms with Gasteiger partial charge in [0.15, 0.2) is 0 Å². The van der Waals surface area contributed by atoms with Crippen molar-refractivity contribution in [3.63, 3.8) is 0 Å². The highest BCUT2D eigenvalue weighted by atomic mass is 19.4. The molecule has 0 saturated carbocycles. The fourth-order valence-corrected chi connectivity index (χ4v) is 0.979. The van der Waals surface area contributed by atoms with Crippen LogP contribution in [0, 0.1) is 17.1 Å². The Morgan fingerprint density at radius 1 is 1.33 bits per heavy atom. The maximum absolute atomic E-state index is 12.6. The second-order valence-electron chi connectivity index (χ2n) is 2.63. The van der Waals surface area contributed by atoms with Crippen molar-refractivity contribution in [2.75, 3.05) is 0 Å². The van der Waals surface area contributed by atoms with E-state index in [0.717, 1.165) is 12.1 Å². The zero-order chi connectivity index (χ0) is 11.5. The Labute approximate surface area is 82.7 Å². The standard InChI is InChI=1S/C9H5F4NO/c10-7-2-1-6(3-4-14)8(5-7)15-9(11,12)13/h1-2,5H,3H2. The third kappa shape index (κ3) is 3.46. The van der Waals surface area contributed by atoms with Crippen LogP contribution in [-0.4, -0.2) is 6.36 Å². The van der Waals surface area contributed by atoms with Crippen LogP contribution in [0.1, 0.15) is 5.56 Å². The lowest BCUT2D eigenvalue weighted by molar-refractivity contribution is -0.274. The van der Waals surface area contributed by atoms with Crippen LogP contribution in [0.4, 0.5) is 17.6 Å². The maximum Gasteiger partial charge on any atom is 0.573 e. The average molecular weight is 219 g/mol. The molecule has 0 aliphatic heterocycles. The summed E-state index contributed by atoms with van der Waals surface area (Å²) in [6, 6.07) is 4.31. The number of nitriles is 1. The number of rotatable bonds is 2. The highest BCUT2D eigenvalue weighted by Crippen LogP contribution is 2.27. The van der Waals surface area contributed by atoms with Crippen LogP contribution >= 0.6 is 0 Å². The Morgan fingerprint density at radius 2 is 2.00 bits per heavy atom. The summed E-state index contributed by atoms with van der Waals surface area (Å²) in [5.41, 5.74) is -0.00350. The Kier molecular flexibility index (Phi) is 3.14. The fourth-order valence-electron chi connectivity index (χ4n) is 0.979. The van der Waals surface area contributed by atoms with Gasteiger partial charge in [-0.25, -0.2) is 4.39 Å². The molecular formula is C9H5F4NO. The van der Waals surface area contributed by atoms with Gasteiger partial charge in [-0.15, -0.1) is 13.2 Å². The Hall–Kier alpha value is -1.77. The van der Waals surface area contributed by atoms with Crippen LogP contribution in [0.25, 0.3) is 0 Å². The highest BCUT2D eigenvalue weighted by Gasteiger charge is 2.32. The minimum Gasteiger partial charge on any atom is -0.405 e. The van der Waals surface area contributed by atoms with Gasteiger partial charge in [0.05, 0.1) is 12.5 Å². The maximum atomic E-state index is 12.6. The van der Waals surface area contributed by atoms with Gasteiger partial charge >= 0.3 is 6.36 Å². The molecule has 0 fully saturated rings. The molecule has 0 radical (unpaired) electrons. The number of hydrogen-bond acceptors (Lipinski definition) is 2. The Morgan fingerprint density at radius 3 is 2.53 bits per heavy atom. The molecule has 0 saturated heterocycles. The van der Waals surface area contributed by atoms with Gasteiger partial charge in [0.1, 0.15) is 11.6 Å². The van der Waals surface area contributed by atoms with Crippen LogP contribution in [0.5, 0.6) is 5.75 Å². The first-order chi connectivity index (χ1) is 6.92. The van der Waals surface area contributed by atoms with Crippen LogP contribution in [0.15, 0.2) is 18.2 Å². The molecular weight excluding hydrogens is 214 g/mol. The van der Waals surface area contributed by atoms with Gasteiger partial charge in [-0.05, 0) is 6.07 Å². The van der Waals surface area contributed by atoms with Crippen molar-refractivity contribution in [3.8, 4) is 11.8 Å². The van der Waals surface area contributed by atoms with E-state index in [1.165, 1.54) is 0 Å². The molecule has 0 aromatic heterocycles. The first-order valence-corrected chi connectivity index (χ1v) is 3.83. The molecule has 0 amide bonds. The number of ether oxygens (including phenoxy) is 1. The predicted molar refractivity (Wildman–Crippen MR) is 42.4 cm³/mol. The SMILES string of the molecule is N#CCc1ccc(F)cc1OC(F)(F)F. The van der Waals surface area contributed by atoms with Crippen LogP contribution in [0.2, 0.25) is 0 Å². The summed E-state index contributed by atoms with van der Waals surface area (Å²) in [5.74, 6) is -1.53. The van der Waals surface area contributed by atoms with Crippen molar-refractivity contribution in [3.05, 3.63) is 29.6 Å². The highest BCUT2D eigenvalue weighted by molar-refractivity contribution is 5.36. The van der Waals surface area contributed by atoms with E-state index in [1.807, 2.05) is 0 Å². The molecule has 0 aliphatic rings. The second kappa shape index (κ2) is 4.17. The first-order valence-electron chi connectivity index (χ1n) is 3.83. The van der Waals surface area contributed by atoms with Gasteiger partial charge in [-0.1, -0.05) is 6.07 Å². The minimum absolute atomic E-state index is 0.00350. The van der Waals surface area contributed by atoms with Gasteiger partial charge in [0.25, 0.3) is 0 Å². The van der Waals surface area contributed by atoms with E-state index in [-0.39, 0.29) is 12.0 Å². The smallest absolute Gasteiger partial charge is 0.405 e. The van der Waals surface area contributed by atoms with Crippen LogP contribution < -0.4 is 4.74 Å². The number of nitrogens with zero attached hydrogens (tertiary/aromatic N) is 1. The van der Waals surface area contributed by atoms with Gasteiger partial charge in [-0.2, -0.15) is 5.26 Å². The van der Waals surface area contributed by atoms with Crippen LogP contribution in [-0.2, 0) is 6.42 Å². The molecule has 0 N–H and O–H groups in total. The van der Waals surface area contributed by atoms with E-state index >= 15 is 0 Å². The lowest BCUT2D eigenvalue weighted by atomic mass is 10.1. The third-order valence-corrected chi connectivity index (χ3v) is 1.52. The molecule has 1 aromatic rings. The molecule has 2 nitrogen and oxygen atoms in total. The van der Waals surface area contributed by atoms with E-state index in [9.17, 15) is 17.6 Å². The van der Waals surface area contributed by atoms with Crippen molar-refractivity contribution in [2.45, 2.75) is 12.8 Å². The van der Waals surface area contributed by atoms with Crippen molar-refractivity contribution >= 4 is 0 Å². The molecule has 1 aromatic carbocycles. The van der Waals surface area contributed by atoms with E-state index in [2.05, 4.69) is 4.74 Å². The summed E-state index contributed by atoms with van der Waals surface area (Å²) in [6.45, 7) is 0. The lowest BCUT2D eigenvalue weighted by Crippen LogP contribution is -2.18. The van der Waals surface area contributed by atoms with Crippen molar-refractivity contribution in [2.24, 2.45) is 0 Å². The van der Waals surface area contributed by atoms with E-state index in [0.29, 0.717) is 6.07 Å². The van der Waals surface area contributed by atoms with Crippen LogP contribution in [0.3, 0.4) is 0 Å². The summed E-state index contributed by atoms with van der Waals surface area (Å²) < 4.78 is 51.8. The average Bonchev–Trinajstić information content (AvgIpc) is 2.07. The molecule has 0 aliphatic carbocycles. The van der Waals surface area contributed by atoms with Gasteiger partial charge in [0, 0.05) is 11.6 Å². The van der Waals surface area contributed by atoms with Gasteiger partial charge in [0.2, 0.25) is 0 Å². The summed E-state index contributed by atoms with van der Waals surface area (Å²) in [7, 11) is 0. The lowest BCUT2D eigenvalue weighted by Gasteiger charge is -2.11. The summed E-state index contributed by atoms with van der Waals surface area (Å²) in [5, 5.41) is 8.33. The van der Waals surface area contributed by atoms with Gasteiger partial charge in [-0.3, -0.25) is 0 Å². The van der Waals surface area contributed by atoms with Crippen molar-refractivity contribution in [1.82, 2.24) is 0 Å². The van der Waals surface area contributed by atoms with Gasteiger partial charge < -0.3 is 4.74 Å². The molecule has 0 unspecified atom stereocenters. The number of halogens is 4. The number of hydrogen-bond donors (Lipinski definition) is 0. The monoisotopic (exact) mass is 219 g/mol. The molecule has 6 heteroatoms.